The molecule has 0 spiro atoms. The van der Waals surface area contributed by atoms with E-state index >= 15 is 0 Å². The number of fused-ring (bicyclic) bond motifs is 2. The van der Waals surface area contributed by atoms with Gasteiger partial charge in [-0.1, -0.05) is 37.7 Å². The molecule has 1 aliphatic rings. The highest BCUT2D eigenvalue weighted by molar-refractivity contribution is 8.14. The van der Waals surface area contributed by atoms with E-state index < -0.39 is 5.82 Å². The molecule has 5 rings (SSSR count). The standard InChI is InChI=1S/C24H23FN6S/c1-13(2)23-17-10-15(5-8-19(17)30-31(23)3)22-18(25)12-27-24(29-22)28-16-7-4-14-6-9-21(26)32-20(14)11-16/h4-5,7-8,10-13,26H,6,9H2,1-3H3,(H,27,28,29). The Hall–Kier alpha value is -3.26. The van der Waals surface area contributed by atoms with Gasteiger partial charge in [-0.15, -0.1) is 0 Å². The van der Waals surface area contributed by atoms with Crippen LogP contribution < -0.4 is 5.32 Å². The number of benzene rings is 2. The van der Waals surface area contributed by atoms with Gasteiger partial charge < -0.3 is 5.32 Å². The fourth-order valence-corrected chi connectivity index (χ4v) is 5.13. The van der Waals surface area contributed by atoms with Crippen molar-refractivity contribution in [3.63, 3.8) is 0 Å². The molecule has 8 heteroatoms. The minimum absolute atomic E-state index is 0.247. The number of halogens is 1. The van der Waals surface area contributed by atoms with Crippen LogP contribution in [-0.2, 0) is 13.5 Å². The highest BCUT2D eigenvalue weighted by Crippen LogP contribution is 2.34. The second-order valence-electron chi connectivity index (χ2n) is 8.26. The molecule has 0 saturated heterocycles. The Morgan fingerprint density at radius 1 is 1.16 bits per heavy atom. The molecule has 0 atom stereocenters. The summed E-state index contributed by atoms with van der Waals surface area (Å²) >= 11 is 1.48. The molecule has 2 aromatic heterocycles. The lowest BCUT2D eigenvalue weighted by atomic mass is 10.0. The molecular weight excluding hydrogens is 423 g/mol. The van der Waals surface area contributed by atoms with E-state index in [1.54, 1.807) is 0 Å². The highest BCUT2D eigenvalue weighted by Gasteiger charge is 2.17. The fourth-order valence-electron chi connectivity index (χ4n) is 4.17. The summed E-state index contributed by atoms with van der Waals surface area (Å²) in [6.45, 7) is 4.24. The van der Waals surface area contributed by atoms with E-state index in [0.29, 0.717) is 16.6 Å². The first kappa shape index (κ1) is 20.6. The monoisotopic (exact) mass is 446 g/mol. The van der Waals surface area contributed by atoms with Crippen molar-refractivity contribution in [1.29, 1.82) is 5.41 Å². The van der Waals surface area contributed by atoms with Crippen molar-refractivity contribution in [2.45, 2.75) is 37.5 Å². The Kier molecular flexibility index (Phi) is 5.17. The van der Waals surface area contributed by atoms with Crippen LogP contribution in [0.25, 0.3) is 22.2 Å². The Morgan fingerprint density at radius 3 is 2.81 bits per heavy atom. The minimum Gasteiger partial charge on any atom is -0.324 e. The number of nitrogens with zero attached hydrogens (tertiary/aromatic N) is 4. The van der Waals surface area contributed by atoms with E-state index in [1.165, 1.54) is 23.5 Å². The normalized spacial score (nSPS) is 13.6. The molecule has 0 radical (unpaired) electrons. The lowest BCUT2D eigenvalue weighted by molar-refractivity contribution is 0.619. The van der Waals surface area contributed by atoms with Gasteiger partial charge in [0.25, 0.3) is 0 Å². The number of thioether (sulfide) groups is 1. The lowest BCUT2D eigenvalue weighted by Crippen LogP contribution is -2.05. The summed E-state index contributed by atoms with van der Waals surface area (Å²) < 4.78 is 16.6. The molecule has 0 bridgehead atoms. The van der Waals surface area contributed by atoms with Gasteiger partial charge in [0, 0.05) is 34.3 Å². The summed E-state index contributed by atoms with van der Waals surface area (Å²) in [5.74, 6) is 0.142. The largest absolute Gasteiger partial charge is 0.324 e. The van der Waals surface area contributed by atoms with Gasteiger partial charge in [-0.25, -0.2) is 14.4 Å². The van der Waals surface area contributed by atoms with Gasteiger partial charge in [-0.2, -0.15) is 5.10 Å². The Bertz CT molecular complexity index is 1360. The average Bonchev–Trinajstić information content (AvgIpc) is 3.10. The summed E-state index contributed by atoms with van der Waals surface area (Å²) in [4.78, 5) is 9.68. The fraction of sp³-hybridized carbons (Fsp3) is 0.250. The molecule has 6 nitrogen and oxygen atoms in total. The maximum Gasteiger partial charge on any atom is 0.227 e. The van der Waals surface area contributed by atoms with Crippen LogP contribution in [0, 0.1) is 11.2 Å². The maximum atomic E-state index is 14.7. The van der Waals surface area contributed by atoms with Crippen molar-refractivity contribution in [3.8, 4) is 11.3 Å². The third-order valence-electron chi connectivity index (χ3n) is 5.62. The molecule has 0 amide bonds. The van der Waals surface area contributed by atoms with Crippen LogP contribution in [0.15, 0.2) is 47.5 Å². The number of hydrogen-bond acceptors (Lipinski definition) is 6. The van der Waals surface area contributed by atoms with Gasteiger partial charge in [-0.3, -0.25) is 10.1 Å². The molecule has 2 N–H and O–H groups in total. The quantitative estimate of drug-likeness (QED) is 0.399. The van der Waals surface area contributed by atoms with Gasteiger partial charge in [0.1, 0.15) is 5.69 Å². The van der Waals surface area contributed by atoms with Crippen molar-refractivity contribution in [1.82, 2.24) is 19.7 Å². The summed E-state index contributed by atoms with van der Waals surface area (Å²) in [6.07, 6.45) is 2.87. The molecule has 2 aromatic carbocycles. The van der Waals surface area contributed by atoms with Crippen LogP contribution in [0.1, 0.15) is 37.4 Å². The number of aromatic nitrogens is 4. The summed E-state index contributed by atoms with van der Waals surface area (Å²) in [6, 6.07) is 11.7. The van der Waals surface area contributed by atoms with E-state index in [2.05, 4.69) is 40.3 Å². The number of aryl methyl sites for hydroxylation is 2. The number of anilines is 2. The predicted octanol–water partition coefficient (Wildman–Crippen LogP) is 6.05. The third kappa shape index (κ3) is 3.75. The second-order valence-corrected chi connectivity index (χ2v) is 9.40. The van der Waals surface area contributed by atoms with Gasteiger partial charge in [0.2, 0.25) is 5.95 Å². The van der Waals surface area contributed by atoms with Gasteiger partial charge in [0.15, 0.2) is 5.82 Å². The van der Waals surface area contributed by atoms with Gasteiger partial charge >= 0.3 is 0 Å². The van der Waals surface area contributed by atoms with E-state index in [0.717, 1.165) is 40.0 Å². The molecule has 32 heavy (non-hydrogen) atoms. The van der Waals surface area contributed by atoms with Gasteiger partial charge in [0.05, 0.1) is 16.8 Å². The molecule has 0 fully saturated rings. The molecule has 0 saturated carbocycles. The first-order chi connectivity index (χ1) is 15.4. The van der Waals surface area contributed by atoms with Crippen molar-refractivity contribution in [2.75, 3.05) is 5.32 Å². The molecule has 1 aliphatic heterocycles. The van der Waals surface area contributed by atoms with Crippen LogP contribution in [0.5, 0.6) is 0 Å². The SMILES string of the molecule is CC(C)c1c2cc(-c3nc(Nc4ccc5c(c4)SC(=N)CC5)ncc3F)ccc2nn1C. The van der Waals surface area contributed by atoms with Crippen LogP contribution in [0.3, 0.4) is 0 Å². The Balaban J connectivity index is 1.50. The summed E-state index contributed by atoms with van der Waals surface area (Å²) in [5, 5.41) is 17.4. The second kappa shape index (κ2) is 8.02. The van der Waals surface area contributed by atoms with E-state index in [9.17, 15) is 4.39 Å². The zero-order valence-electron chi connectivity index (χ0n) is 18.1. The number of hydrogen-bond donors (Lipinski definition) is 2. The zero-order chi connectivity index (χ0) is 22.4. The molecule has 3 heterocycles. The molecule has 4 aromatic rings. The number of rotatable bonds is 4. The Morgan fingerprint density at radius 2 is 2.00 bits per heavy atom. The van der Waals surface area contributed by atoms with Crippen molar-refractivity contribution in [2.24, 2.45) is 7.05 Å². The van der Waals surface area contributed by atoms with Crippen LogP contribution >= 0.6 is 11.8 Å². The van der Waals surface area contributed by atoms with Crippen LogP contribution in [0.2, 0.25) is 0 Å². The maximum absolute atomic E-state index is 14.7. The molecule has 0 aliphatic carbocycles. The first-order valence-corrected chi connectivity index (χ1v) is 11.4. The summed E-state index contributed by atoms with van der Waals surface area (Å²) in [7, 11) is 1.93. The molecule has 0 unspecified atom stereocenters. The predicted molar refractivity (Wildman–Crippen MR) is 127 cm³/mol. The number of nitrogens with one attached hydrogen (secondary N) is 2. The van der Waals surface area contributed by atoms with E-state index in [-0.39, 0.29) is 11.6 Å². The van der Waals surface area contributed by atoms with Crippen molar-refractivity contribution < 1.29 is 4.39 Å². The first-order valence-electron chi connectivity index (χ1n) is 10.5. The average molecular weight is 447 g/mol. The van der Waals surface area contributed by atoms with Crippen LogP contribution in [0.4, 0.5) is 16.0 Å². The van der Waals surface area contributed by atoms with Gasteiger partial charge in [-0.05, 0) is 48.6 Å². The van der Waals surface area contributed by atoms with E-state index in [1.807, 2.05) is 42.1 Å². The summed E-state index contributed by atoms with van der Waals surface area (Å²) in [5.41, 5.74) is 4.97. The molecular formula is C24H23FN6S. The van der Waals surface area contributed by atoms with E-state index in [4.69, 9.17) is 5.41 Å². The zero-order valence-corrected chi connectivity index (χ0v) is 18.9. The lowest BCUT2D eigenvalue weighted by Gasteiger charge is -2.17. The highest BCUT2D eigenvalue weighted by atomic mass is 32.2. The van der Waals surface area contributed by atoms with Crippen molar-refractivity contribution in [3.05, 3.63) is 59.7 Å². The van der Waals surface area contributed by atoms with Crippen LogP contribution in [-0.4, -0.2) is 24.8 Å². The minimum atomic E-state index is -0.473. The van der Waals surface area contributed by atoms with Crippen molar-refractivity contribution >= 4 is 39.3 Å². The molecule has 162 valence electrons. The third-order valence-corrected chi connectivity index (χ3v) is 6.67. The topological polar surface area (TPSA) is 79.5 Å². The smallest absolute Gasteiger partial charge is 0.227 e. The Labute approximate surface area is 189 Å².